The third-order valence-corrected chi connectivity index (χ3v) is 6.66. The van der Waals surface area contributed by atoms with Crippen molar-refractivity contribution in [3.63, 3.8) is 0 Å². The lowest BCUT2D eigenvalue weighted by molar-refractivity contribution is 0.0600. The molecule has 2 aromatic carbocycles. The Morgan fingerprint density at radius 2 is 1.90 bits per heavy atom. The van der Waals surface area contributed by atoms with Crippen LogP contribution in [0.15, 0.2) is 65.8 Å². The van der Waals surface area contributed by atoms with E-state index in [4.69, 9.17) is 16.3 Å². The fourth-order valence-electron chi connectivity index (χ4n) is 3.01. The second-order valence-electron chi connectivity index (χ2n) is 6.39. The van der Waals surface area contributed by atoms with Gasteiger partial charge in [0.05, 0.1) is 17.6 Å². The van der Waals surface area contributed by atoms with E-state index < -0.39 is 22.0 Å². The number of esters is 1. The molecule has 9 heteroatoms. The van der Waals surface area contributed by atoms with Gasteiger partial charge >= 0.3 is 5.97 Å². The number of aromatic nitrogens is 2. The van der Waals surface area contributed by atoms with Crippen LogP contribution in [-0.4, -0.2) is 42.4 Å². The van der Waals surface area contributed by atoms with Crippen molar-refractivity contribution in [2.45, 2.75) is 10.9 Å². The maximum Gasteiger partial charge on any atom is 0.337 e. The molecule has 0 amide bonds. The second kappa shape index (κ2) is 8.36. The molecule has 152 valence electrons. The summed E-state index contributed by atoms with van der Waals surface area (Å²) in [6.45, 7) is 0. The van der Waals surface area contributed by atoms with Gasteiger partial charge in [0.15, 0.2) is 0 Å². The summed E-state index contributed by atoms with van der Waals surface area (Å²) in [4.78, 5) is 16.2. The summed E-state index contributed by atoms with van der Waals surface area (Å²) in [5, 5.41) is 0.545. The minimum atomic E-state index is -3.96. The summed E-state index contributed by atoms with van der Waals surface area (Å²) < 4.78 is 34.5. The van der Waals surface area contributed by atoms with Gasteiger partial charge in [-0.2, -0.15) is 4.31 Å². The van der Waals surface area contributed by atoms with Crippen LogP contribution in [0.5, 0.6) is 0 Å². The highest BCUT2D eigenvalue weighted by Gasteiger charge is 2.33. The maximum atomic E-state index is 13.4. The first-order chi connectivity index (χ1) is 13.8. The van der Waals surface area contributed by atoms with Crippen molar-refractivity contribution < 1.29 is 17.9 Å². The van der Waals surface area contributed by atoms with Gasteiger partial charge in [0.2, 0.25) is 10.0 Å². The molecule has 0 aliphatic carbocycles. The molecule has 0 aliphatic heterocycles. The third-order valence-electron chi connectivity index (χ3n) is 4.58. The minimum Gasteiger partial charge on any atom is -0.465 e. The summed E-state index contributed by atoms with van der Waals surface area (Å²) in [5.41, 5.74) is 0.862. The van der Waals surface area contributed by atoms with Crippen LogP contribution in [0.3, 0.4) is 0 Å². The van der Waals surface area contributed by atoms with Crippen molar-refractivity contribution in [2.24, 2.45) is 7.05 Å². The predicted molar refractivity (Wildman–Crippen MR) is 109 cm³/mol. The number of hydrogen-bond donors (Lipinski definition) is 0. The molecule has 29 heavy (non-hydrogen) atoms. The number of rotatable bonds is 6. The summed E-state index contributed by atoms with van der Waals surface area (Å²) in [6, 6.07) is 12.0. The van der Waals surface area contributed by atoms with Crippen molar-refractivity contribution in [2.75, 3.05) is 14.2 Å². The van der Waals surface area contributed by atoms with Gasteiger partial charge in [-0.05, 0) is 35.9 Å². The van der Waals surface area contributed by atoms with Gasteiger partial charge in [-0.15, -0.1) is 0 Å². The van der Waals surface area contributed by atoms with Crippen molar-refractivity contribution in [1.29, 1.82) is 0 Å². The molecule has 0 saturated carbocycles. The van der Waals surface area contributed by atoms with Crippen molar-refractivity contribution in [3.8, 4) is 0 Å². The molecule has 0 fully saturated rings. The lowest BCUT2D eigenvalue weighted by Crippen LogP contribution is -2.33. The number of benzene rings is 2. The molecule has 0 aliphatic rings. The van der Waals surface area contributed by atoms with Gasteiger partial charge in [0.25, 0.3) is 0 Å². The number of methoxy groups -OCH3 is 1. The Morgan fingerprint density at radius 3 is 2.48 bits per heavy atom. The van der Waals surface area contributed by atoms with Crippen molar-refractivity contribution in [3.05, 3.63) is 82.9 Å². The molecule has 1 atom stereocenters. The van der Waals surface area contributed by atoms with E-state index in [0.29, 0.717) is 16.4 Å². The molecular formula is C20H20ClN3O4S. The van der Waals surface area contributed by atoms with E-state index in [1.807, 2.05) is 0 Å². The van der Waals surface area contributed by atoms with Gasteiger partial charge in [-0.1, -0.05) is 29.8 Å². The van der Waals surface area contributed by atoms with Crippen LogP contribution in [-0.2, 0) is 21.8 Å². The summed E-state index contributed by atoms with van der Waals surface area (Å²) >= 11 is 6.00. The van der Waals surface area contributed by atoms with Crippen LogP contribution < -0.4 is 0 Å². The Kier molecular flexibility index (Phi) is 6.07. The zero-order chi connectivity index (χ0) is 21.2. The molecule has 1 aromatic heterocycles. The number of carbonyl (C=O) groups is 1. The van der Waals surface area contributed by atoms with Gasteiger partial charge in [-0.3, -0.25) is 0 Å². The average Bonchev–Trinajstić information content (AvgIpc) is 3.14. The highest BCUT2D eigenvalue weighted by molar-refractivity contribution is 7.89. The second-order valence-corrected chi connectivity index (χ2v) is 8.83. The quantitative estimate of drug-likeness (QED) is 0.557. The molecule has 0 saturated heterocycles. The van der Waals surface area contributed by atoms with E-state index in [9.17, 15) is 13.2 Å². The number of sulfonamides is 1. The first-order valence-corrected chi connectivity index (χ1v) is 10.5. The molecule has 7 nitrogen and oxygen atoms in total. The topological polar surface area (TPSA) is 81.5 Å². The fourth-order valence-corrected chi connectivity index (χ4v) is 4.49. The number of carbonyl (C=O) groups excluding carboxylic acids is 1. The van der Waals surface area contributed by atoms with E-state index in [2.05, 4.69) is 4.98 Å². The normalized spacial score (nSPS) is 12.7. The van der Waals surface area contributed by atoms with Gasteiger partial charge in [-0.25, -0.2) is 18.2 Å². The Hall–Kier alpha value is -2.68. The maximum absolute atomic E-state index is 13.4. The van der Waals surface area contributed by atoms with Gasteiger partial charge in [0, 0.05) is 31.5 Å². The van der Waals surface area contributed by atoms with E-state index >= 15 is 0 Å². The largest absolute Gasteiger partial charge is 0.465 e. The zero-order valence-electron chi connectivity index (χ0n) is 16.1. The van der Waals surface area contributed by atoms with Crippen LogP contribution in [0.25, 0.3) is 0 Å². The number of halogens is 1. The lowest BCUT2D eigenvalue weighted by Gasteiger charge is -2.27. The molecule has 0 unspecified atom stereocenters. The fraction of sp³-hybridized carbons (Fsp3) is 0.200. The predicted octanol–water partition coefficient (Wildman–Crippen LogP) is 3.27. The molecule has 1 heterocycles. The number of nitrogens with zero attached hydrogens (tertiary/aromatic N) is 3. The highest BCUT2D eigenvalue weighted by Crippen LogP contribution is 2.32. The summed E-state index contributed by atoms with van der Waals surface area (Å²) in [7, 11) is 0.555. The average molecular weight is 434 g/mol. The monoisotopic (exact) mass is 433 g/mol. The Morgan fingerprint density at radius 1 is 1.21 bits per heavy atom. The molecule has 3 aromatic rings. The highest BCUT2D eigenvalue weighted by atomic mass is 35.5. The van der Waals surface area contributed by atoms with Crippen molar-refractivity contribution in [1.82, 2.24) is 13.9 Å². The summed E-state index contributed by atoms with van der Waals surface area (Å²) in [5.74, 6) is -0.0643. The molecule has 0 bridgehead atoms. The number of aryl methyl sites for hydroxylation is 1. The van der Waals surface area contributed by atoms with Crippen LogP contribution in [0.2, 0.25) is 5.02 Å². The third kappa shape index (κ3) is 4.19. The number of hydrogen-bond acceptors (Lipinski definition) is 5. The van der Waals surface area contributed by atoms with E-state index in [1.165, 1.54) is 42.7 Å². The van der Waals surface area contributed by atoms with E-state index in [1.54, 1.807) is 48.3 Å². The van der Waals surface area contributed by atoms with Crippen LogP contribution >= 0.6 is 11.6 Å². The number of imidazole rings is 1. The Balaban J connectivity index is 2.10. The van der Waals surface area contributed by atoms with Crippen LogP contribution in [0.1, 0.15) is 27.8 Å². The zero-order valence-corrected chi connectivity index (χ0v) is 17.7. The van der Waals surface area contributed by atoms with Crippen LogP contribution in [0.4, 0.5) is 0 Å². The van der Waals surface area contributed by atoms with Gasteiger partial charge < -0.3 is 9.30 Å². The lowest BCUT2D eigenvalue weighted by atomic mass is 10.1. The molecular weight excluding hydrogens is 414 g/mol. The van der Waals surface area contributed by atoms with Crippen LogP contribution in [0, 0.1) is 0 Å². The summed E-state index contributed by atoms with van der Waals surface area (Å²) in [6.07, 6.45) is 3.35. The molecule has 3 rings (SSSR count). The standard InChI is InChI=1S/C20H20ClN3O4S/c1-23-12-11-22-19(23)18(14-7-9-16(21)10-8-14)24(2)29(26,27)17-6-4-5-15(13-17)20(25)28-3/h4-13,18H,1-3H3/t18-/m0/s1. The Labute approximate surface area is 174 Å². The number of ether oxygens (including phenoxy) is 1. The first-order valence-electron chi connectivity index (χ1n) is 8.65. The van der Waals surface area contributed by atoms with Crippen molar-refractivity contribution >= 4 is 27.6 Å². The Bertz CT molecular complexity index is 1130. The smallest absolute Gasteiger partial charge is 0.337 e. The molecule has 0 spiro atoms. The SMILES string of the molecule is COC(=O)c1cccc(S(=O)(=O)N(C)[C@@H](c2ccc(Cl)cc2)c2nccn2C)c1. The first kappa shape index (κ1) is 21.0. The van der Waals surface area contributed by atoms with E-state index in [0.717, 1.165) is 0 Å². The van der Waals surface area contributed by atoms with Gasteiger partial charge in [0.1, 0.15) is 11.9 Å². The molecule has 0 N–H and O–H groups in total. The minimum absolute atomic E-state index is 0.0175. The van der Waals surface area contributed by atoms with E-state index in [-0.39, 0.29) is 10.5 Å². The molecule has 0 radical (unpaired) electrons.